The van der Waals surface area contributed by atoms with Crippen LogP contribution in [0.1, 0.15) is 23.8 Å². The van der Waals surface area contributed by atoms with E-state index in [0.29, 0.717) is 49.0 Å². The number of hydrogen-bond donors (Lipinski definition) is 1. The zero-order chi connectivity index (χ0) is 24.8. The molecule has 9 nitrogen and oxygen atoms in total. The predicted molar refractivity (Wildman–Crippen MR) is 128 cm³/mol. The predicted octanol–water partition coefficient (Wildman–Crippen LogP) is 3.00. The lowest BCUT2D eigenvalue weighted by Gasteiger charge is -2.30. The van der Waals surface area contributed by atoms with E-state index in [4.69, 9.17) is 18.6 Å². The lowest BCUT2D eigenvalue weighted by Crippen LogP contribution is -2.39. The summed E-state index contributed by atoms with van der Waals surface area (Å²) >= 11 is 0. The number of amides is 1. The van der Waals surface area contributed by atoms with Gasteiger partial charge in [0.1, 0.15) is 5.76 Å². The van der Waals surface area contributed by atoms with Gasteiger partial charge in [-0.2, -0.15) is 0 Å². The Morgan fingerprint density at radius 3 is 2.60 bits per heavy atom. The number of morpholine rings is 1. The number of ketones is 1. The second-order valence-electron chi connectivity index (χ2n) is 8.30. The topological polar surface area (TPSA) is 102 Å². The maximum atomic E-state index is 13.2. The fraction of sp³-hybridized carbons (Fsp3) is 0.385. The number of carbonyl (C=O) groups excluding carboxylic acids is 2. The molecule has 3 heterocycles. The van der Waals surface area contributed by atoms with Crippen molar-refractivity contribution in [3.63, 3.8) is 0 Å². The number of rotatable bonds is 10. The van der Waals surface area contributed by atoms with E-state index in [0.717, 1.165) is 19.6 Å². The van der Waals surface area contributed by atoms with Crippen LogP contribution >= 0.6 is 0 Å². The van der Waals surface area contributed by atoms with Gasteiger partial charge in [-0.25, -0.2) is 0 Å². The van der Waals surface area contributed by atoms with Crippen LogP contribution in [0.5, 0.6) is 11.5 Å². The highest BCUT2D eigenvalue weighted by Crippen LogP contribution is 2.41. The third-order valence-corrected chi connectivity index (χ3v) is 6.21. The van der Waals surface area contributed by atoms with Crippen LogP contribution in [0.2, 0.25) is 0 Å². The van der Waals surface area contributed by atoms with Crippen LogP contribution in [0.3, 0.4) is 0 Å². The van der Waals surface area contributed by atoms with Crippen LogP contribution in [-0.4, -0.2) is 80.2 Å². The summed E-state index contributed by atoms with van der Waals surface area (Å²) in [7, 11) is 3.06. The normalized spacial score (nSPS) is 19.1. The van der Waals surface area contributed by atoms with Gasteiger partial charge in [-0.15, -0.1) is 0 Å². The summed E-state index contributed by atoms with van der Waals surface area (Å²) in [6, 6.07) is 7.88. The van der Waals surface area contributed by atoms with Crippen LogP contribution in [0.15, 0.2) is 58.4 Å². The van der Waals surface area contributed by atoms with E-state index in [9.17, 15) is 14.7 Å². The van der Waals surface area contributed by atoms with Gasteiger partial charge in [0.2, 0.25) is 0 Å². The first kappa shape index (κ1) is 24.6. The summed E-state index contributed by atoms with van der Waals surface area (Å²) in [4.78, 5) is 30.2. The Morgan fingerprint density at radius 2 is 1.91 bits per heavy atom. The highest BCUT2D eigenvalue weighted by molar-refractivity contribution is 6.14. The van der Waals surface area contributed by atoms with Crippen molar-refractivity contribution in [1.82, 2.24) is 9.80 Å². The number of carbonyl (C=O) groups is 2. The van der Waals surface area contributed by atoms with Gasteiger partial charge in [-0.3, -0.25) is 14.5 Å². The molecule has 1 atom stereocenters. The molecule has 9 heteroatoms. The van der Waals surface area contributed by atoms with E-state index < -0.39 is 23.5 Å². The van der Waals surface area contributed by atoms with Crippen LogP contribution in [0.25, 0.3) is 6.08 Å². The monoisotopic (exact) mass is 482 g/mol. The van der Waals surface area contributed by atoms with Crippen LogP contribution in [-0.2, 0) is 14.3 Å². The van der Waals surface area contributed by atoms with E-state index >= 15 is 0 Å². The minimum Gasteiger partial charge on any atom is -0.503 e. The van der Waals surface area contributed by atoms with Gasteiger partial charge in [0, 0.05) is 26.2 Å². The van der Waals surface area contributed by atoms with Crippen LogP contribution < -0.4 is 9.47 Å². The second-order valence-corrected chi connectivity index (χ2v) is 8.30. The van der Waals surface area contributed by atoms with Crippen molar-refractivity contribution in [2.24, 2.45) is 0 Å². The summed E-state index contributed by atoms with van der Waals surface area (Å²) in [5, 5.41) is 10.8. The summed E-state index contributed by atoms with van der Waals surface area (Å²) in [5.41, 5.74) is 0.664. The Hall–Kier alpha value is -3.56. The Balaban J connectivity index is 1.62. The smallest absolute Gasteiger partial charge is 0.290 e. The van der Waals surface area contributed by atoms with Crippen molar-refractivity contribution < 1.29 is 33.3 Å². The highest BCUT2D eigenvalue weighted by Gasteiger charge is 2.43. The van der Waals surface area contributed by atoms with Gasteiger partial charge in [-0.1, -0.05) is 6.07 Å². The lowest BCUT2D eigenvalue weighted by molar-refractivity contribution is -0.129. The molecular weight excluding hydrogens is 452 g/mol. The van der Waals surface area contributed by atoms with Gasteiger partial charge in [0.15, 0.2) is 23.0 Å². The number of methoxy groups -OCH3 is 2. The van der Waals surface area contributed by atoms with Crippen LogP contribution in [0, 0.1) is 0 Å². The molecule has 0 saturated carbocycles. The fourth-order valence-electron chi connectivity index (χ4n) is 4.43. The van der Waals surface area contributed by atoms with Crippen molar-refractivity contribution in [2.45, 2.75) is 12.5 Å². The minimum absolute atomic E-state index is 0.0244. The first-order chi connectivity index (χ1) is 17.0. The average molecular weight is 483 g/mol. The Morgan fingerprint density at radius 1 is 1.14 bits per heavy atom. The molecule has 4 rings (SSSR count). The zero-order valence-electron chi connectivity index (χ0n) is 19.9. The van der Waals surface area contributed by atoms with Gasteiger partial charge < -0.3 is 28.6 Å². The first-order valence-corrected chi connectivity index (χ1v) is 11.6. The van der Waals surface area contributed by atoms with Crippen molar-refractivity contribution in [3.05, 3.63) is 65.3 Å². The molecule has 1 aromatic carbocycles. The Bertz CT molecular complexity index is 1100. The van der Waals surface area contributed by atoms with E-state index in [1.54, 1.807) is 35.2 Å². The highest BCUT2D eigenvalue weighted by atomic mass is 16.5. The molecule has 186 valence electrons. The number of allylic oxidation sites excluding steroid dienone is 1. The molecule has 1 unspecified atom stereocenters. The third kappa shape index (κ3) is 5.41. The molecule has 0 bridgehead atoms. The second kappa shape index (κ2) is 11.2. The molecule has 2 aromatic rings. The molecule has 2 aliphatic rings. The molecule has 0 aliphatic carbocycles. The number of benzene rings is 1. The fourth-order valence-corrected chi connectivity index (χ4v) is 4.43. The number of aliphatic hydroxyl groups is 1. The number of ether oxygens (including phenoxy) is 3. The summed E-state index contributed by atoms with van der Waals surface area (Å²) in [5.74, 6) is -0.0875. The summed E-state index contributed by atoms with van der Waals surface area (Å²) in [6.07, 6.45) is 5.01. The van der Waals surface area contributed by atoms with Crippen molar-refractivity contribution >= 4 is 17.8 Å². The molecule has 1 saturated heterocycles. The molecule has 1 aromatic heterocycles. The largest absolute Gasteiger partial charge is 0.503 e. The molecule has 35 heavy (non-hydrogen) atoms. The van der Waals surface area contributed by atoms with Crippen molar-refractivity contribution in [2.75, 3.05) is 53.6 Å². The maximum Gasteiger partial charge on any atom is 0.290 e. The number of aliphatic hydroxyl groups excluding tert-OH is 1. The van der Waals surface area contributed by atoms with Gasteiger partial charge in [0.25, 0.3) is 5.91 Å². The van der Waals surface area contributed by atoms with Gasteiger partial charge in [-0.05, 0) is 48.4 Å². The number of furan rings is 1. The molecule has 0 radical (unpaired) electrons. The Labute approximate surface area is 204 Å². The van der Waals surface area contributed by atoms with E-state index in [2.05, 4.69) is 4.90 Å². The SMILES string of the molecule is COc1ccc(C2C(C(=O)C=Cc3ccco3)=C(O)C(=O)N2CCCN2CCOCC2)cc1OC. The lowest BCUT2D eigenvalue weighted by atomic mass is 9.95. The van der Waals surface area contributed by atoms with E-state index in [1.165, 1.54) is 32.6 Å². The van der Waals surface area contributed by atoms with Gasteiger partial charge >= 0.3 is 0 Å². The molecule has 1 N–H and O–H groups in total. The Kier molecular flexibility index (Phi) is 7.89. The summed E-state index contributed by atoms with van der Waals surface area (Å²) < 4.78 is 21.4. The molecule has 0 spiro atoms. The van der Waals surface area contributed by atoms with Gasteiger partial charge in [0.05, 0.1) is 45.3 Å². The number of hydrogen-bond acceptors (Lipinski definition) is 8. The first-order valence-electron chi connectivity index (χ1n) is 11.6. The maximum absolute atomic E-state index is 13.2. The molecule has 1 amide bonds. The molecule has 2 aliphatic heterocycles. The van der Waals surface area contributed by atoms with Crippen molar-refractivity contribution in [1.29, 1.82) is 0 Å². The minimum atomic E-state index is -0.763. The molecular formula is C26H30N2O7. The van der Waals surface area contributed by atoms with E-state index in [1.807, 2.05) is 0 Å². The van der Waals surface area contributed by atoms with E-state index in [-0.39, 0.29) is 5.57 Å². The summed E-state index contributed by atoms with van der Waals surface area (Å²) in [6.45, 7) is 4.24. The third-order valence-electron chi connectivity index (χ3n) is 6.21. The quantitative estimate of drug-likeness (QED) is 0.516. The standard InChI is InChI=1S/C26H30N2O7/c1-32-21-9-6-18(17-22(21)33-2)24-23(20(29)8-7-19-5-3-14-35-19)25(30)26(31)28(24)11-4-10-27-12-15-34-16-13-27/h3,5-9,14,17,24,30H,4,10-13,15-16H2,1-2H3. The van der Waals surface area contributed by atoms with Crippen LogP contribution in [0.4, 0.5) is 0 Å². The number of nitrogens with zero attached hydrogens (tertiary/aromatic N) is 2. The zero-order valence-corrected chi connectivity index (χ0v) is 19.9. The van der Waals surface area contributed by atoms with Crippen molar-refractivity contribution in [3.8, 4) is 11.5 Å². The average Bonchev–Trinajstić information content (AvgIpc) is 3.50. The molecule has 1 fully saturated rings.